The second kappa shape index (κ2) is 6.19. The van der Waals surface area contributed by atoms with Crippen LogP contribution in [0.1, 0.15) is 17.5 Å². The van der Waals surface area contributed by atoms with Gasteiger partial charge in [-0.3, -0.25) is 9.88 Å². The van der Waals surface area contributed by atoms with E-state index in [4.69, 9.17) is 4.74 Å². The van der Waals surface area contributed by atoms with E-state index < -0.39 is 0 Å². The van der Waals surface area contributed by atoms with Crippen molar-refractivity contribution in [2.75, 3.05) is 32.1 Å². The van der Waals surface area contributed by atoms with Crippen LogP contribution >= 0.6 is 0 Å². The van der Waals surface area contributed by atoms with Crippen LogP contribution in [0.3, 0.4) is 0 Å². The van der Waals surface area contributed by atoms with Crippen molar-refractivity contribution >= 4 is 5.82 Å². The van der Waals surface area contributed by atoms with Crippen LogP contribution < -0.4 is 5.32 Å². The first-order chi connectivity index (χ1) is 10.3. The van der Waals surface area contributed by atoms with Crippen LogP contribution in [-0.2, 0) is 18.3 Å². The summed E-state index contributed by atoms with van der Waals surface area (Å²) in [7, 11) is 3.83. The molecular formula is C14H20N6O. The molecule has 0 amide bonds. The number of imidazole rings is 1. The molecule has 3 rings (SSSR count). The minimum Gasteiger partial charge on any atom is -0.372 e. The van der Waals surface area contributed by atoms with Crippen LogP contribution in [-0.4, -0.2) is 51.2 Å². The van der Waals surface area contributed by atoms with E-state index in [1.54, 1.807) is 12.4 Å². The number of morpholine rings is 1. The van der Waals surface area contributed by atoms with E-state index in [2.05, 4.69) is 25.2 Å². The maximum absolute atomic E-state index is 5.87. The SMILES string of the molecule is CNc1nccnc1[C@H]1CN(Cc2cn(C)cn2)CCO1. The van der Waals surface area contributed by atoms with Gasteiger partial charge in [-0.05, 0) is 0 Å². The molecule has 1 saturated heterocycles. The standard InChI is InChI=1S/C14H20N6O/c1-15-14-13(16-3-4-17-14)12-9-20(5-6-21-12)8-11-7-19(2)10-18-11/h3-4,7,10,12H,5-6,8-9H2,1-2H3,(H,15,17)/t12-/m1/s1. The number of ether oxygens (including phenoxy) is 1. The van der Waals surface area contributed by atoms with Gasteiger partial charge in [0.1, 0.15) is 17.6 Å². The number of hydrogen-bond donors (Lipinski definition) is 1. The molecule has 0 unspecified atom stereocenters. The highest BCUT2D eigenvalue weighted by atomic mass is 16.5. The van der Waals surface area contributed by atoms with E-state index in [0.29, 0.717) is 6.61 Å². The van der Waals surface area contributed by atoms with Gasteiger partial charge in [-0.2, -0.15) is 0 Å². The summed E-state index contributed by atoms with van der Waals surface area (Å²) in [5.74, 6) is 0.780. The van der Waals surface area contributed by atoms with E-state index in [9.17, 15) is 0 Å². The molecule has 0 spiro atoms. The van der Waals surface area contributed by atoms with E-state index in [-0.39, 0.29) is 6.10 Å². The fourth-order valence-electron chi connectivity index (χ4n) is 2.57. The van der Waals surface area contributed by atoms with Gasteiger partial charge in [0.15, 0.2) is 0 Å². The van der Waals surface area contributed by atoms with Gasteiger partial charge in [0.05, 0.1) is 18.6 Å². The summed E-state index contributed by atoms with van der Waals surface area (Å²) in [5, 5.41) is 3.07. The van der Waals surface area contributed by atoms with E-state index in [0.717, 1.165) is 36.8 Å². The van der Waals surface area contributed by atoms with Gasteiger partial charge in [0.2, 0.25) is 0 Å². The zero-order chi connectivity index (χ0) is 14.7. The van der Waals surface area contributed by atoms with Crippen LogP contribution in [0.2, 0.25) is 0 Å². The van der Waals surface area contributed by atoms with E-state index in [1.807, 2.05) is 31.2 Å². The summed E-state index contributed by atoms with van der Waals surface area (Å²) in [6.45, 7) is 3.22. The summed E-state index contributed by atoms with van der Waals surface area (Å²) in [4.78, 5) is 15.4. The summed E-state index contributed by atoms with van der Waals surface area (Å²) in [5.41, 5.74) is 1.94. The van der Waals surface area contributed by atoms with Crippen LogP contribution in [0.4, 0.5) is 5.82 Å². The predicted molar refractivity (Wildman–Crippen MR) is 78.8 cm³/mol. The molecule has 7 nitrogen and oxygen atoms in total. The van der Waals surface area contributed by atoms with Crippen molar-refractivity contribution in [2.45, 2.75) is 12.6 Å². The lowest BCUT2D eigenvalue weighted by molar-refractivity contribution is -0.0350. The number of nitrogens with one attached hydrogen (secondary N) is 1. The third-order valence-electron chi connectivity index (χ3n) is 3.56. The molecule has 0 saturated carbocycles. The highest BCUT2D eigenvalue weighted by molar-refractivity contribution is 5.40. The fraction of sp³-hybridized carbons (Fsp3) is 0.500. The first kappa shape index (κ1) is 14.0. The first-order valence-electron chi connectivity index (χ1n) is 7.05. The Hall–Kier alpha value is -1.99. The fourth-order valence-corrected chi connectivity index (χ4v) is 2.57. The lowest BCUT2D eigenvalue weighted by atomic mass is 10.2. The number of aryl methyl sites for hydroxylation is 1. The maximum Gasteiger partial charge on any atom is 0.150 e. The minimum absolute atomic E-state index is 0.0568. The molecule has 1 N–H and O–H groups in total. The lowest BCUT2D eigenvalue weighted by Gasteiger charge is -2.32. The van der Waals surface area contributed by atoms with Crippen molar-refractivity contribution in [3.05, 3.63) is 36.3 Å². The van der Waals surface area contributed by atoms with Crippen LogP contribution in [0.25, 0.3) is 0 Å². The van der Waals surface area contributed by atoms with Crippen LogP contribution in [0.15, 0.2) is 24.9 Å². The Morgan fingerprint density at radius 3 is 2.95 bits per heavy atom. The first-order valence-corrected chi connectivity index (χ1v) is 7.05. The summed E-state index contributed by atoms with van der Waals surface area (Å²) >= 11 is 0. The van der Waals surface area contributed by atoms with Gasteiger partial charge in [0, 0.05) is 52.3 Å². The van der Waals surface area contributed by atoms with Crippen molar-refractivity contribution in [1.82, 2.24) is 24.4 Å². The maximum atomic E-state index is 5.87. The highest BCUT2D eigenvalue weighted by Gasteiger charge is 2.25. The highest BCUT2D eigenvalue weighted by Crippen LogP contribution is 2.25. The Kier molecular flexibility index (Phi) is 4.12. The Morgan fingerprint density at radius 2 is 2.19 bits per heavy atom. The summed E-state index contributed by atoms with van der Waals surface area (Å²) in [6, 6.07) is 0. The second-order valence-electron chi connectivity index (χ2n) is 5.17. The van der Waals surface area contributed by atoms with Crippen LogP contribution in [0.5, 0.6) is 0 Å². The van der Waals surface area contributed by atoms with Gasteiger partial charge in [0.25, 0.3) is 0 Å². The monoisotopic (exact) mass is 288 g/mol. The van der Waals surface area contributed by atoms with Gasteiger partial charge >= 0.3 is 0 Å². The Morgan fingerprint density at radius 1 is 1.33 bits per heavy atom. The molecule has 1 fully saturated rings. The number of hydrogen-bond acceptors (Lipinski definition) is 6. The largest absolute Gasteiger partial charge is 0.372 e. The van der Waals surface area contributed by atoms with Gasteiger partial charge in [-0.25, -0.2) is 9.97 Å². The normalized spacial score (nSPS) is 19.6. The van der Waals surface area contributed by atoms with E-state index >= 15 is 0 Å². The molecule has 21 heavy (non-hydrogen) atoms. The molecule has 112 valence electrons. The van der Waals surface area contributed by atoms with Crippen molar-refractivity contribution in [1.29, 1.82) is 0 Å². The van der Waals surface area contributed by atoms with E-state index in [1.165, 1.54) is 0 Å². The van der Waals surface area contributed by atoms with Crippen molar-refractivity contribution in [3.63, 3.8) is 0 Å². The molecule has 2 aromatic heterocycles. The molecule has 0 aromatic carbocycles. The number of aromatic nitrogens is 4. The quantitative estimate of drug-likeness (QED) is 0.898. The number of anilines is 1. The van der Waals surface area contributed by atoms with Gasteiger partial charge in [-0.1, -0.05) is 0 Å². The molecular weight excluding hydrogens is 268 g/mol. The van der Waals surface area contributed by atoms with Crippen molar-refractivity contribution in [2.24, 2.45) is 7.05 Å². The predicted octanol–water partition coefficient (Wildman–Crippen LogP) is 0.825. The molecule has 7 heteroatoms. The summed E-state index contributed by atoms with van der Waals surface area (Å²) < 4.78 is 7.84. The van der Waals surface area contributed by atoms with Crippen LogP contribution in [0, 0.1) is 0 Å². The average Bonchev–Trinajstić information content (AvgIpc) is 2.92. The molecule has 1 aliphatic heterocycles. The smallest absolute Gasteiger partial charge is 0.150 e. The molecule has 2 aromatic rings. The molecule has 1 atom stereocenters. The average molecular weight is 288 g/mol. The topological polar surface area (TPSA) is 68.1 Å². The van der Waals surface area contributed by atoms with Crippen molar-refractivity contribution < 1.29 is 4.74 Å². The van der Waals surface area contributed by atoms with Crippen molar-refractivity contribution in [3.8, 4) is 0 Å². The third-order valence-corrected chi connectivity index (χ3v) is 3.56. The minimum atomic E-state index is -0.0568. The zero-order valence-electron chi connectivity index (χ0n) is 12.4. The van der Waals surface area contributed by atoms with Gasteiger partial charge < -0.3 is 14.6 Å². The zero-order valence-corrected chi connectivity index (χ0v) is 12.4. The second-order valence-corrected chi connectivity index (χ2v) is 5.17. The Labute approximate surface area is 124 Å². The number of nitrogens with zero attached hydrogens (tertiary/aromatic N) is 5. The third kappa shape index (κ3) is 3.20. The molecule has 0 radical (unpaired) electrons. The number of rotatable bonds is 4. The summed E-state index contributed by atoms with van der Waals surface area (Å²) in [6.07, 6.45) is 7.21. The molecule has 0 aliphatic carbocycles. The molecule has 1 aliphatic rings. The molecule has 0 bridgehead atoms. The molecule has 3 heterocycles. The van der Waals surface area contributed by atoms with Gasteiger partial charge in [-0.15, -0.1) is 0 Å². The Bertz CT molecular complexity index is 599. The Balaban J connectivity index is 1.70. The lowest BCUT2D eigenvalue weighted by Crippen LogP contribution is -2.38.